The topological polar surface area (TPSA) is 68.3 Å². The molecule has 5 nitrogen and oxygen atoms in total. The van der Waals surface area contributed by atoms with E-state index in [0.29, 0.717) is 10.0 Å². The zero-order valence-corrected chi connectivity index (χ0v) is 13.9. The van der Waals surface area contributed by atoms with Gasteiger partial charge in [0.1, 0.15) is 4.88 Å². The van der Waals surface area contributed by atoms with Gasteiger partial charge in [0.15, 0.2) is 16.6 Å². The van der Waals surface area contributed by atoms with Crippen LogP contribution in [0.2, 0.25) is 0 Å². The van der Waals surface area contributed by atoms with Crippen molar-refractivity contribution in [3.8, 4) is 0 Å². The lowest BCUT2D eigenvalue weighted by Crippen LogP contribution is -2.09. The van der Waals surface area contributed by atoms with E-state index < -0.39 is 5.97 Å². The number of nitrogens with zero attached hydrogens (tertiary/aromatic N) is 1. The fourth-order valence-electron chi connectivity index (χ4n) is 1.63. The third-order valence-electron chi connectivity index (χ3n) is 2.53. The SMILES string of the molecule is CCOC(=O)c1nc(Nc2ccccc2Br)sc1C(C)=O. The fraction of sp³-hybridized carbons (Fsp3) is 0.214. The Bertz CT molecular complexity index is 685. The standard InChI is InChI=1S/C14H13BrN2O3S/c1-3-20-13(19)11-12(8(2)18)21-14(17-11)16-10-7-5-4-6-9(10)15/h4-7H,3H2,1-2H3,(H,16,17). The lowest BCUT2D eigenvalue weighted by Gasteiger charge is -2.04. The number of hydrogen-bond acceptors (Lipinski definition) is 6. The molecule has 110 valence electrons. The van der Waals surface area contributed by atoms with E-state index in [9.17, 15) is 9.59 Å². The molecule has 1 heterocycles. The number of nitrogens with one attached hydrogen (secondary N) is 1. The smallest absolute Gasteiger partial charge is 0.358 e. The average molecular weight is 369 g/mol. The number of anilines is 2. The van der Waals surface area contributed by atoms with Crippen LogP contribution in [0, 0.1) is 0 Å². The highest BCUT2D eigenvalue weighted by molar-refractivity contribution is 9.10. The van der Waals surface area contributed by atoms with Gasteiger partial charge in [-0.3, -0.25) is 4.79 Å². The zero-order valence-electron chi connectivity index (χ0n) is 11.5. The second-order valence-corrected chi connectivity index (χ2v) is 5.93. The van der Waals surface area contributed by atoms with Crippen molar-refractivity contribution < 1.29 is 14.3 Å². The van der Waals surface area contributed by atoms with E-state index in [1.807, 2.05) is 24.3 Å². The van der Waals surface area contributed by atoms with Crippen molar-refractivity contribution in [2.24, 2.45) is 0 Å². The number of esters is 1. The normalized spacial score (nSPS) is 10.2. The summed E-state index contributed by atoms with van der Waals surface area (Å²) in [6, 6.07) is 7.51. The second kappa shape index (κ2) is 6.82. The molecule has 1 aromatic heterocycles. The molecule has 0 unspecified atom stereocenters. The van der Waals surface area contributed by atoms with Gasteiger partial charge in [-0.05, 0) is 35.0 Å². The number of aromatic nitrogens is 1. The largest absolute Gasteiger partial charge is 0.461 e. The molecule has 0 aliphatic heterocycles. The Balaban J connectivity index is 2.34. The van der Waals surface area contributed by atoms with E-state index in [2.05, 4.69) is 26.2 Å². The van der Waals surface area contributed by atoms with Crippen LogP contribution in [0.4, 0.5) is 10.8 Å². The molecular formula is C14H13BrN2O3S. The van der Waals surface area contributed by atoms with Crippen LogP contribution in [0.15, 0.2) is 28.7 Å². The maximum absolute atomic E-state index is 11.8. The predicted molar refractivity (Wildman–Crippen MR) is 85.5 cm³/mol. The van der Waals surface area contributed by atoms with Crippen molar-refractivity contribution in [2.75, 3.05) is 11.9 Å². The number of para-hydroxylation sites is 1. The Morgan fingerprint density at radius 3 is 2.71 bits per heavy atom. The van der Waals surface area contributed by atoms with E-state index in [1.54, 1.807) is 6.92 Å². The van der Waals surface area contributed by atoms with Gasteiger partial charge >= 0.3 is 5.97 Å². The fourth-order valence-corrected chi connectivity index (χ4v) is 2.87. The van der Waals surface area contributed by atoms with Crippen LogP contribution < -0.4 is 5.32 Å². The molecule has 7 heteroatoms. The number of carbonyl (C=O) groups is 2. The van der Waals surface area contributed by atoms with Crippen LogP contribution in [0.3, 0.4) is 0 Å². The highest BCUT2D eigenvalue weighted by Crippen LogP contribution is 2.30. The van der Waals surface area contributed by atoms with Gasteiger partial charge < -0.3 is 10.1 Å². The molecule has 0 spiro atoms. The van der Waals surface area contributed by atoms with Crippen molar-refractivity contribution in [3.05, 3.63) is 39.3 Å². The van der Waals surface area contributed by atoms with Crippen molar-refractivity contribution in [3.63, 3.8) is 0 Å². The highest BCUT2D eigenvalue weighted by Gasteiger charge is 2.22. The number of hydrogen-bond donors (Lipinski definition) is 1. The summed E-state index contributed by atoms with van der Waals surface area (Å²) >= 11 is 4.55. The molecule has 0 atom stereocenters. The summed E-state index contributed by atoms with van der Waals surface area (Å²) in [5.74, 6) is -0.796. The summed E-state index contributed by atoms with van der Waals surface area (Å²) in [5, 5.41) is 3.55. The lowest BCUT2D eigenvalue weighted by molar-refractivity contribution is 0.0517. The third-order valence-corrected chi connectivity index (χ3v) is 4.29. The van der Waals surface area contributed by atoms with E-state index in [0.717, 1.165) is 21.5 Å². The number of thiazole rings is 1. The molecule has 1 aromatic carbocycles. The maximum Gasteiger partial charge on any atom is 0.358 e. The van der Waals surface area contributed by atoms with E-state index in [-0.39, 0.29) is 18.1 Å². The number of ether oxygens (including phenoxy) is 1. The minimum absolute atomic E-state index is 0.0592. The minimum Gasteiger partial charge on any atom is -0.461 e. The van der Waals surface area contributed by atoms with E-state index >= 15 is 0 Å². The number of ketones is 1. The number of rotatable bonds is 5. The molecule has 0 bridgehead atoms. The highest BCUT2D eigenvalue weighted by atomic mass is 79.9. The molecule has 0 radical (unpaired) electrons. The zero-order chi connectivity index (χ0) is 15.4. The number of carbonyl (C=O) groups excluding carboxylic acids is 2. The van der Waals surface area contributed by atoms with Gasteiger partial charge in [0.25, 0.3) is 0 Å². The summed E-state index contributed by atoms with van der Waals surface area (Å²) in [6.07, 6.45) is 0. The van der Waals surface area contributed by atoms with E-state index in [1.165, 1.54) is 6.92 Å². The summed E-state index contributed by atoms with van der Waals surface area (Å²) in [5.41, 5.74) is 0.862. The van der Waals surface area contributed by atoms with Gasteiger partial charge in [-0.25, -0.2) is 9.78 Å². The Labute approximate surface area is 134 Å². The minimum atomic E-state index is -0.584. The van der Waals surface area contributed by atoms with Crippen LogP contribution in [-0.4, -0.2) is 23.3 Å². The van der Waals surface area contributed by atoms with Crippen molar-refractivity contribution in [2.45, 2.75) is 13.8 Å². The first-order chi connectivity index (χ1) is 10.0. The molecule has 2 aromatic rings. The van der Waals surface area contributed by atoms with Crippen molar-refractivity contribution in [1.82, 2.24) is 4.98 Å². The summed E-state index contributed by atoms with van der Waals surface area (Å²) in [4.78, 5) is 27.9. The van der Waals surface area contributed by atoms with Crippen LogP contribution in [0.1, 0.15) is 34.0 Å². The molecule has 0 saturated heterocycles. The van der Waals surface area contributed by atoms with Crippen molar-refractivity contribution in [1.29, 1.82) is 0 Å². The van der Waals surface area contributed by atoms with Gasteiger partial charge in [-0.15, -0.1) is 0 Å². The molecule has 1 N–H and O–H groups in total. The van der Waals surface area contributed by atoms with Gasteiger partial charge in [0, 0.05) is 11.4 Å². The van der Waals surface area contributed by atoms with Crippen LogP contribution in [0.5, 0.6) is 0 Å². The van der Waals surface area contributed by atoms with Crippen LogP contribution in [0.25, 0.3) is 0 Å². The number of halogens is 1. The van der Waals surface area contributed by atoms with Gasteiger partial charge in [0.2, 0.25) is 0 Å². The summed E-state index contributed by atoms with van der Waals surface area (Å²) < 4.78 is 5.79. The third kappa shape index (κ3) is 3.68. The van der Waals surface area contributed by atoms with Crippen LogP contribution >= 0.6 is 27.3 Å². The Morgan fingerprint density at radius 1 is 1.38 bits per heavy atom. The molecule has 0 amide bonds. The summed E-state index contributed by atoms with van der Waals surface area (Å²) in [7, 11) is 0. The van der Waals surface area contributed by atoms with E-state index in [4.69, 9.17) is 4.74 Å². The molecular weight excluding hydrogens is 356 g/mol. The first kappa shape index (κ1) is 15.7. The average Bonchev–Trinajstić information content (AvgIpc) is 2.86. The Kier molecular flexibility index (Phi) is 5.08. The maximum atomic E-state index is 11.8. The van der Waals surface area contributed by atoms with Gasteiger partial charge in [-0.1, -0.05) is 23.5 Å². The van der Waals surface area contributed by atoms with Crippen molar-refractivity contribution >= 4 is 49.8 Å². The van der Waals surface area contributed by atoms with Crippen LogP contribution in [-0.2, 0) is 4.74 Å². The van der Waals surface area contributed by atoms with Gasteiger partial charge in [0.05, 0.1) is 12.3 Å². The first-order valence-electron chi connectivity index (χ1n) is 6.23. The number of Topliss-reactive ketones (excluding diaryl/α,β-unsaturated/α-hetero) is 1. The Hall–Kier alpha value is -1.73. The molecule has 0 fully saturated rings. The lowest BCUT2D eigenvalue weighted by atomic mass is 10.3. The van der Waals surface area contributed by atoms with Gasteiger partial charge in [-0.2, -0.15) is 0 Å². The predicted octanol–water partition coefficient (Wildman–Crippen LogP) is 4.03. The Morgan fingerprint density at radius 2 is 2.10 bits per heavy atom. The second-order valence-electron chi connectivity index (χ2n) is 4.08. The summed E-state index contributed by atoms with van der Waals surface area (Å²) in [6.45, 7) is 3.34. The molecule has 21 heavy (non-hydrogen) atoms. The molecule has 2 rings (SSSR count). The quantitative estimate of drug-likeness (QED) is 0.637. The molecule has 0 aliphatic carbocycles. The molecule has 0 aliphatic rings. The number of benzene rings is 1. The first-order valence-corrected chi connectivity index (χ1v) is 7.84. The monoisotopic (exact) mass is 368 g/mol. The molecule has 0 saturated carbocycles.